The fourth-order valence-corrected chi connectivity index (χ4v) is 3.69. The van der Waals surface area contributed by atoms with Crippen LogP contribution in [0.15, 0.2) is 71.1 Å². The molecule has 158 valence electrons. The van der Waals surface area contributed by atoms with Gasteiger partial charge in [0.2, 0.25) is 0 Å². The molecule has 1 aliphatic rings. The average molecular weight is 420 g/mol. The third-order valence-corrected chi connectivity index (χ3v) is 5.09. The van der Waals surface area contributed by atoms with Crippen molar-refractivity contribution >= 4 is 17.4 Å². The number of pyridine rings is 1. The number of benzene rings is 1. The van der Waals surface area contributed by atoms with E-state index in [-0.39, 0.29) is 17.7 Å². The molecular weight excluding hydrogens is 400 g/mol. The molecule has 1 atom stereocenters. The second-order valence-electron chi connectivity index (χ2n) is 6.84. The molecule has 8 nitrogen and oxygen atoms in total. The molecule has 2 aromatic heterocycles. The molecular formula is C23H20N2O6. The minimum Gasteiger partial charge on any atom is -0.506 e. The summed E-state index contributed by atoms with van der Waals surface area (Å²) in [6, 6.07) is 10.9. The lowest BCUT2D eigenvalue weighted by molar-refractivity contribution is -0.140. The Bertz CT molecular complexity index is 1120. The lowest BCUT2D eigenvalue weighted by Crippen LogP contribution is -2.29. The van der Waals surface area contributed by atoms with Crippen molar-refractivity contribution in [3.63, 3.8) is 0 Å². The van der Waals surface area contributed by atoms with Gasteiger partial charge in [0.15, 0.2) is 0 Å². The number of furan rings is 1. The zero-order valence-corrected chi connectivity index (χ0v) is 16.9. The minimum atomic E-state index is -0.926. The number of aliphatic hydroxyl groups excluding tert-OH is 1. The van der Waals surface area contributed by atoms with Crippen molar-refractivity contribution in [2.75, 3.05) is 14.2 Å². The van der Waals surface area contributed by atoms with E-state index in [2.05, 4.69) is 4.98 Å². The molecule has 1 unspecified atom stereocenters. The van der Waals surface area contributed by atoms with Crippen LogP contribution in [0.4, 0.5) is 0 Å². The van der Waals surface area contributed by atoms with Crippen molar-refractivity contribution in [1.82, 2.24) is 9.88 Å². The Morgan fingerprint density at radius 3 is 2.42 bits per heavy atom. The van der Waals surface area contributed by atoms with Gasteiger partial charge in [-0.1, -0.05) is 12.1 Å². The number of hydrogen-bond acceptors (Lipinski definition) is 7. The predicted octanol–water partition coefficient (Wildman–Crippen LogP) is 3.31. The van der Waals surface area contributed by atoms with E-state index in [1.54, 1.807) is 54.9 Å². The minimum absolute atomic E-state index is 0.105. The monoisotopic (exact) mass is 420 g/mol. The molecule has 3 aromatic rings. The average Bonchev–Trinajstić information content (AvgIpc) is 3.41. The Hall–Kier alpha value is -4.07. The molecule has 0 saturated carbocycles. The van der Waals surface area contributed by atoms with Gasteiger partial charge in [-0.05, 0) is 35.9 Å². The third kappa shape index (κ3) is 3.52. The maximum Gasteiger partial charge on any atom is 0.296 e. The van der Waals surface area contributed by atoms with Gasteiger partial charge in [-0.25, -0.2) is 0 Å². The highest BCUT2D eigenvalue weighted by atomic mass is 16.5. The summed E-state index contributed by atoms with van der Waals surface area (Å²) >= 11 is 0. The van der Waals surface area contributed by atoms with Crippen LogP contribution in [0.25, 0.3) is 5.76 Å². The molecule has 0 radical (unpaired) electrons. The maximum atomic E-state index is 13.1. The van der Waals surface area contributed by atoms with E-state index in [0.29, 0.717) is 17.3 Å². The van der Waals surface area contributed by atoms with Crippen LogP contribution >= 0.6 is 0 Å². The van der Waals surface area contributed by atoms with Gasteiger partial charge in [0.25, 0.3) is 11.7 Å². The van der Waals surface area contributed by atoms with Gasteiger partial charge in [-0.3, -0.25) is 14.6 Å². The van der Waals surface area contributed by atoms with E-state index < -0.39 is 23.5 Å². The maximum absolute atomic E-state index is 13.1. The standard InChI is InChI=1S/C23H20N2O6/c1-29-15-7-3-8-16(30-2)18(15)21(26)19-20(17-9-5-11-31-17)25(23(28)22(19)27)13-14-6-4-10-24-12-14/h3-12,20,26H,13H2,1-2H3/b21-19+. The Kier molecular flexibility index (Phi) is 5.44. The summed E-state index contributed by atoms with van der Waals surface area (Å²) in [7, 11) is 2.88. The Labute approximate surface area is 178 Å². The van der Waals surface area contributed by atoms with Crippen molar-refractivity contribution in [2.45, 2.75) is 12.6 Å². The number of methoxy groups -OCH3 is 2. The fraction of sp³-hybridized carbons (Fsp3) is 0.174. The molecule has 3 heterocycles. The number of Topliss-reactive ketones (excluding diaryl/α,β-unsaturated/α-hetero) is 1. The molecule has 1 N–H and O–H groups in total. The van der Waals surface area contributed by atoms with Crippen LogP contribution < -0.4 is 9.47 Å². The van der Waals surface area contributed by atoms with E-state index in [0.717, 1.165) is 5.56 Å². The number of ketones is 1. The van der Waals surface area contributed by atoms with Crippen molar-refractivity contribution in [2.24, 2.45) is 0 Å². The molecule has 1 aromatic carbocycles. The summed E-state index contributed by atoms with van der Waals surface area (Å²) in [5.41, 5.74) is 0.811. The number of likely N-dealkylation sites (tertiary alicyclic amines) is 1. The molecule has 0 aliphatic carbocycles. The molecule has 8 heteroatoms. The van der Waals surface area contributed by atoms with Crippen molar-refractivity contribution < 1.29 is 28.6 Å². The lowest BCUT2D eigenvalue weighted by Gasteiger charge is -2.23. The molecule has 31 heavy (non-hydrogen) atoms. The fourth-order valence-electron chi connectivity index (χ4n) is 3.69. The number of carbonyl (C=O) groups excluding carboxylic acids is 2. The van der Waals surface area contributed by atoms with Crippen molar-refractivity contribution in [3.8, 4) is 11.5 Å². The molecule has 4 rings (SSSR count). The summed E-state index contributed by atoms with van der Waals surface area (Å²) < 4.78 is 16.3. The molecule has 0 bridgehead atoms. The van der Waals surface area contributed by atoms with Crippen LogP contribution in [0.2, 0.25) is 0 Å². The van der Waals surface area contributed by atoms with Crippen LogP contribution in [-0.2, 0) is 16.1 Å². The second-order valence-corrected chi connectivity index (χ2v) is 6.84. The number of amides is 1. The van der Waals surface area contributed by atoms with Gasteiger partial charge in [0.05, 0.1) is 26.1 Å². The third-order valence-electron chi connectivity index (χ3n) is 5.09. The first-order valence-corrected chi connectivity index (χ1v) is 9.49. The van der Waals surface area contributed by atoms with E-state index in [4.69, 9.17) is 13.9 Å². The number of ether oxygens (including phenoxy) is 2. The van der Waals surface area contributed by atoms with Gasteiger partial charge in [-0.15, -0.1) is 0 Å². The topological polar surface area (TPSA) is 102 Å². The van der Waals surface area contributed by atoms with E-state index >= 15 is 0 Å². The Morgan fingerprint density at radius 1 is 1.10 bits per heavy atom. The van der Waals surface area contributed by atoms with Gasteiger partial charge in [0.1, 0.15) is 34.6 Å². The largest absolute Gasteiger partial charge is 0.506 e. The number of rotatable bonds is 6. The molecule has 1 fully saturated rings. The summed E-state index contributed by atoms with van der Waals surface area (Å²) in [5.74, 6) is -1.03. The van der Waals surface area contributed by atoms with Gasteiger partial charge < -0.3 is 23.9 Å². The highest BCUT2D eigenvalue weighted by Gasteiger charge is 2.48. The van der Waals surface area contributed by atoms with Crippen LogP contribution in [-0.4, -0.2) is 40.9 Å². The Morgan fingerprint density at radius 2 is 1.84 bits per heavy atom. The first-order chi connectivity index (χ1) is 15.1. The van der Waals surface area contributed by atoms with Crippen LogP contribution in [0.1, 0.15) is 22.9 Å². The number of carbonyl (C=O) groups is 2. The van der Waals surface area contributed by atoms with Crippen molar-refractivity contribution in [1.29, 1.82) is 0 Å². The SMILES string of the molecule is COc1cccc(OC)c1/C(O)=C1\C(=O)C(=O)N(Cc2cccnc2)C1c1ccco1. The van der Waals surface area contributed by atoms with E-state index in [1.807, 2.05) is 0 Å². The molecule has 1 aliphatic heterocycles. The Balaban J connectivity index is 1.90. The number of hydrogen-bond donors (Lipinski definition) is 1. The zero-order chi connectivity index (χ0) is 22.0. The first-order valence-electron chi connectivity index (χ1n) is 9.49. The summed E-state index contributed by atoms with van der Waals surface area (Å²) in [4.78, 5) is 31.5. The smallest absolute Gasteiger partial charge is 0.296 e. The highest BCUT2D eigenvalue weighted by Crippen LogP contribution is 2.43. The summed E-state index contributed by atoms with van der Waals surface area (Å²) in [6.45, 7) is 0.115. The molecule has 1 saturated heterocycles. The highest BCUT2D eigenvalue weighted by molar-refractivity contribution is 6.46. The number of aromatic nitrogens is 1. The van der Waals surface area contributed by atoms with E-state index in [9.17, 15) is 14.7 Å². The van der Waals surface area contributed by atoms with Gasteiger partial charge in [0, 0.05) is 18.9 Å². The summed E-state index contributed by atoms with van der Waals surface area (Å²) in [6.07, 6.45) is 4.68. The van der Waals surface area contributed by atoms with Crippen molar-refractivity contribution in [3.05, 3.63) is 83.6 Å². The van der Waals surface area contributed by atoms with Crippen LogP contribution in [0.5, 0.6) is 11.5 Å². The normalized spacial score (nSPS) is 17.7. The van der Waals surface area contributed by atoms with Crippen LogP contribution in [0.3, 0.4) is 0 Å². The zero-order valence-electron chi connectivity index (χ0n) is 16.9. The number of nitrogens with zero attached hydrogens (tertiary/aromatic N) is 2. The van der Waals surface area contributed by atoms with Gasteiger partial charge >= 0.3 is 0 Å². The second kappa shape index (κ2) is 8.35. The lowest BCUT2D eigenvalue weighted by atomic mass is 9.98. The number of aliphatic hydroxyl groups is 1. The predicted molar refractivity (Wildman–Crippen MR) is 110 cm³/mol. The first kappa shape index (κ1) is 20.2. The van der Waals surface area contributed by atoms with E-state index in [1.165, 1.54) is 25.4 Å². The molecule has 1 amide bonds. The van der Waals surface area contributed by atoms with Gasteiger partial charge in [-0.2, -0.15) is 0 Å². The quantitative estimate of drug-likeness (QED) is 0.371. The summed E-state index contributed by atoms with van der Waals surface area (Å²) in [5, 5.41) is 11.3. The van der Waals surface area contributed by atoms with Crippen LogP contribution in [0, 0.1) is 0 Å². The molecule has 0 spiro atoms.